The second-order valence-corrected chi connectivity index (χ2v) is 3.66. The lowest BCUT2D eigenvalue weighted by Gasteiger charge is -1.95. The van der Waals surface area contributed by atoms with E-state index in [1.807, 2.05) is 13.0 Å². The highest BCUT2D eigenvalue weighted by molar-refractivity contribution is 7.09. The summed E-state index contributed by atoms with van der Waals surface area (Å²) in [5, 5.41) is 6.36. The number of rotatable bonds is 4. The van der Waals surface area contributed by atoms with Crippen LogP contribution in [0.4, 0.5) is 0 Å². The molecule has 0 fully saturated rings. The first-order valence-corrected chi connectivity index (χ1v) is 5.01. The van der Waals surface area contributed by atoms with Gasteiger partial charge in [0.15, 0.2) is 0 Å². The molecule has 1 rings (SSSR count). The Balaban J connectivity index is 2.24. The van der Waals surface area contributed by atoms with Crippen molar-refractivity contribution in [3.63, 3.8) is 0 Å². The quantitative estimate of drug-likeness (QED) is 0.758. The zero-order chi connectivity index (χ0) is 8.81. The lowest BCUT2D eigenvalue weighted by Crippen LogP contribution is -2.12. The Morgan fingerprint density at radius 3 is 3.17 bits per heavy atom. The normalized spacial score (nSPS) is 11.2. The molecule has 0 bridgehead atoms. The first-order valence-electron chi connectivity index (χ1n) is 3.70. The monoisotopic (exact) mass is 202 g/mol. The van der Waals surface area contributed by atoms with Gasteiger partial charge < -0.3 is 5.32 Å². The Hall–Kier alpha value is -0.380. The maximum Gasteiger partial charge on any atom is 0.0897 e. The highest BCUT2D eigenvalue weighted by Gasteiger charge is 1.95. The highest BCUT2D eigenvalue weighted by atomic mass is 35.5. The standard InChI is InChI=1S/C8H11ClN2S/c1-7-11-8(6-12-7)5-10-4-2-3-9/h2-3,6,10H,4-5H2,1H3/b3-2+. The first-order chi connectivity index (χ1) is 5.83. The molecule has 1 aromatic rings. The third-order valence-corrected chi connectivity index (χ3v) is 2.32. The van der Waals surface area contributed by atoms with E-state index in [4.69, 9.17) is 11.6 Å². The van der Waals surface area contributed by atoms with Crippen LogP contribution in [0, 0.1) is 6.92 Å². The number of aryl methyl sites for hydroxylation is 1. The van der Waals surface area contributed by atoms with Gasteiger partial charge in [-0.3, -0.25) is 0 Å². The first kappa shape index (κ1) is 9.71. The van der Waals surface area contributed by atoms with Crippen LogP contribution in [0.3, 0.4) is 0 Å². The molecule has 0 radical (unpaired) electrons. The number of halogens is 1. The molecule has 0 unspecified atom stereocenters. The number of hydrogen-bond acceptors (Lipinski definition) is 3. The summed E-state index contributed by atoms with van der Waals surface area (Å²) in [6.07, 6.45) is 1.86. The second kappa shape index (κ2) is 5.30. The van der Waals surface area contributed by atoms with E-state index in [0.717, 1.165) is 23.8 Å². The van der Waals surface area contributed by atoms with Crippen molar-refractivity contribution in [3.05, 3.63) is 27.7 Å². The van der Waals surface area contributed by atoms with E-state index < -0.39 is 0 Å². The summed E-state index contributed by atoms with van der Waals surface area (Å²) in [6.45, 7) is 3.61. The van der Waals surface area contributed by atoms with Gasteiger partial charge in [-0.1, -0.05) is 17.7 Å². The van der Waals surface area contributed by atoms with Crippen molar-refractivity contribution in [2.75, 3.05) is 6.54 Å². The molecule has 1 aromatic heterocycles. The Labute approximate surface area is 81.3 Å². The summed E-state index contributed by atoms with van der Waals surface area (Å²) in [6, 6.07) is 0. The van der Waals surface area contributed by atoms with Crippen LogP contribution in [-0.4, -0.2) is 11.5 Å². The zero-order valence-corrected chi connectivity index (χ0v) is 8.45. The Morgan fingerprint density at radius 2 is 2.58 bits per heavy atom. The van der Waals surface area contributed by atoms with Crippen molar-refractivity contribution < 1.29 is 0 Å². The number of nitrogens with one attached hydrogen (secondary N) is 1. The molecule has 0 spiro atoms. The SMILES string of the molecule is Cc1nc(CNC/C=C/Cl)cs1. The van der Waals surface area contributed by atoms with E-state index in [-0.39, 0.29) is 0 Å². The molecule has 4 heteroatoms. The Morgan fingerprint density at radius 1 is 1.75 bits per heavy atom. The minimum absolute atomic E-state index is 0.792. The predicted molar refractivity (Wildman–Crippen MR) is 53.6 cm³/mol. The van der Waals surface area contributed by atoms with Crippen molar-refractivity contribution in [1.82, 2.24) is 10.3 Å². The van der Waals surface area contributed by atoms with Crippen molar-refractivity contribution in [1.29, 1.82) is 0 Å². The number of hydrogen-bond donors (Lipinski definition) is 1. The molecule has 0 atom stereocenters. The van der Waals surface area contributed by atoms with Gasteiger partial charge in [0, 0.05) is 24.0 Å². The van der Waals surface area contributed by atoms with Gasteiger partial charge in [-0.05, 0) is 6.92 Å². The summed E-state index contributed by atoms with van der Waals surface area (Å²) in [7, 11) is 0. The summed E-state index contributed by atoms with van der Waals surface area (Å²) in [4.78, 5) is 4.31. The summed E-state index contributed by atoms with van der Waals surface area (Å²) < 4.78 is 0. The van der Waals surface area contributed by atoms with Gasteiger partial charge in [-0.2, -0.15) is 0 Å². The van der Waals surface area contributed by atoms with Crippen molar-refractivity contribution in [2.45, 2.75) is 13.5 Å². The van der Waals surface area contributed by atoms with Crippen LogP contribution < -0.4 is 5.32 Å². The molecule has 0 saturated carbocycles. The molecule has 66 valence electrons. The second-order valence-electron chi connectivity index (χ2n) is 2.35. The van der Waals surface area contributed by atoms with Gasteiger partial charge in [0.2, 0.25) is 0 Å². The van der Waals surface area contributed by atoms with Crippen LogP contribution >= 0.6 is 22.9 Å². The molecule has 0 saturated heterocycles. The van der Waals surface area contributed by atoms with Crippen LogP contribution in [0.2, 0.25) is 0 Å². The van der Waals surface area contributed by atoms with E-state index in [2.05, 4.69) is 15.7 Å². The molecule has 0 aliphatic heterocycles. The van der Waals surface area contributed by atoms with E-state index in [1.165, 1.54) is 5.54 Å². The average molecular weight is 203 g/mol. The van der Waals surface area contributed by atoms with Crippen LogP contribution in [0.15, 0.2) is 17.0 Å². The zero-order valence-electron chi connectivity index (χ0n) is 6.88. The topological polar surface area (TPSA) is 24.9 Å². The fourth-order valence-electron chi connectivity index (χ4n) is 0.818. The third-order valence-electron chi connectivity index (χ3n) is 1.32. The van der Waals surface area contributed by atoms with Crippen molar-refractivity contribution >= 4 is 22.9 Å². The van der Waals surface area contributed by atoms with Gasteiger partial charge in [0.25, 0.3) is 0 Å². The molecule has 2 nitrogen and oxygen atoms in total. The fraction of sp³-hybridized carbons (Fsp3) is 0.375. The number of thiazole rings is 1. The van der Waals surface area contributed by atoms with Gasteiger partial charge in [-0.25, -0.2) is 4.98 Å². The summed E-state index contributed by atoms with van der Waals surface area (Å²) in [5.41, 5.74) is 2.61. The van der Waals surface area contributed by atoms with Gasteiger partial charge in [0.05, 0.1) is 10.7 Å². The van der Waals surface area contributed by atoms with E-state index in [0.29, 0.717) is 0 Å². The van der Waals surface area contributed by atoms with E-state index >= 15 is 0 Å². The molecule has 0 aliphatic rings. The number of nitrogens with zero attached hydrogens (tertiary/aromatic N) is 1. The number of aromatic nitrogens is 1. The predicted octanol–water partition coefficient (Wildman–Crippen LogP) is 2.29. The molecule has 0 aromatic carbocycles. The van der Waals surface area contributed by atoms with Crippen LogP contribution in [0.1, 0.15) is 10.7 Å². The molecule has 12 heavy (non-hydrogen) atoms. The lowest BCUT2D eigenvalue weighted by molar-refractivity contribution is 0.743. The van der Waals surface area contributed by atoms with Crippen LogP contribution in [0.5, 0.6) is 0 Å². The van der Waals surface area contributed by atoms with E-state index in [9.17, 15) is 0 Å². The molecule has 1 heterocycles. The average Bonchev–Trinajstić information content (AvgIpc) is 2.45. The minimum Gasteiger partial charge on any atom is -0.308 e. The molecular weight excluding hydrogens is 192 g/mol. The molecule has 0 amide bonds. The molecule has 0 aliphatic carbocycles. The maximum atomic E-state index is 5.35. The minimum atomic E-state index is 0.792. The third kappa shape index (κ3) is 3.34. The molecule has 1 N–H and O–H groups in total. The summed E-state index contributed by atoms with van der Waals surface area (Å²) in [5.74, 6) is 0. The molecular formula is C8H11ClN2S. The lowest BCUT2D eigenvalue weighted by atomic mass is 10.4. The van der Waals surface area contributed by atoms with Crippen molar-refractivity contribution in [3.8, 4) is 0 Å². The van der Waals surface area contributed by atoms with Crippen LogP contribution in [-0.2, 0) is 6.54 Å². The highest BCUT2D eigenvalue weighted by Crippen LogP contribution is 2.06. The van der Waals surface area contributed by atoms with Gasteiger partial charge in [0.1, 0.15) is 0 Å². The Bertz CT molecular complexity index is 257. The smallest absolute Gasteiger partial charge is 0.0897 e. The van der Waals surface area contributed by atoms with E-state index in [1.54, 1.807) is 11.3 Å². The van der Waals surface area contributed by atoms with Gasteiger partial charge >= 0.3 is 0 Å². The maximum absolute atomic E-state index is 5.35. The van der Waals surface area contributed by atoms with Gasteiger partial charge in [-0.15, -0.1) is 11.3 Å². The van der Waals surface area contributed by atoms with Crippen LogP contribution in [0.25, 0.3) is 0 Å². The van der Waals surface area contributed by atoms with Crippen molar-refractivity contribution in [2.24, 2.45) is 0 Å². The fourth-order valence-corrected chi connectivity index (χ4v) is 1.52. The summed E-state index contributed by atoms with van der Waals surface area (Å²) >= 11 is 7.03. The Kier molecular flexibility index (Phi) is 4.29. The largest absolute Gasteiger partial charge is 0.308 e.